The minimum atomic E-state index is -0.409. The average Bonchev–Trinajstić information content (AvgIpc) is 2.70. The van der Waals surface area contributed by atoms with Gasteiger partial charge in [-0.2, -0.15) is 0 Å². The fourth-order valence-electron chi connectivity index (χ4n) is 2.59. The minimum Gasteiger partial charge on any atom is -0.489 e. The van der Waals surface area contributed by atoms with Crippen LogP contribution < -0.4 is 15.4 Å². The Morgan fingerprint density at radius 2 is 1.79 bits per heavy atom. The molecule has 0 aliphatic heterocycles. The fraction of sp³-hybridized carbons (Fsp3) is 0.182. The number of ether oxygens (including phenoxy) is 1. The number of para-hydroxylation sites is 2. The smallest absolute Gasteiger partial charge is 0.275 e. The van der Waals surface area contributed by atoms with E-state index in [1.54, 1.807) is 24.3 Å². The molecule has 0 radical (unpaired) electrons. The second-order valence-electron chi connectivity index (χ2n) is 6.67. The van der Waals surface area contributed by atoms with Crippen LogP contribution >= 0.6 is 0 Å². The van der Waals surface area contributed by atoms with Crippen molar-refractivity contribution in [1.29, 1.82) is 0 Å². The van der Waals surface area contributed by atoms with Gasteiger partial charge in [0.25, 0.3) is 5.91 Å². The molecule has 0 atom stereocenters. The molecule has 0 fully saturated rings. The quantitative estimate of drug-likeness (QED) is 0.579. The largest absolute Gasteiger partial charge is 0.489 e. The maximum Gasteiger partial charge on any atom is 0.275 e. The molecule has 2 N–H and O–H groups in total. The van der Waals surface area contributed by atoms with E-state index in [4.69, 9.17) is 4.74 Å². The van der Waals surface area contributed by atoms with E-state index in [-0.39, 0.29) is 17.6 Å². The van der Waals surface area contributed by atoms with E-state index in [0.717, 1.165) is 5.69 Å². The number of nitrogens with zero attached hydrogens (tertiary/aromatic N) is 2. The maximum atomic E-state index is 12.4. The van der Waals surface area contributed by atoms with Gasteiger partial charge in [-0.1, -0.05) is 24.3 Å². The highest BCUT2D eigenvalue weighted by atomic mass is 16.5. The van der Waals surface area contributed by atoms with Gasteiger partial charge in [0.15, 0.2) is 5.78 Å². The van der Waals surface area contributed by atoms with Crippen LogP contribution in [-0.4, -0.2) is 27.8 Å². The Balaban J connectivity index is 1.70. The summed E-state index contributed by atoms with van der Waals surface area (Å²) in [5.41, 5.74) is 1.96. The number of hydrogen-bond donors (Lipinski definition) is 2. The third kappa shape index (κ3) is 5.38. The number of carbonyl (C=O) groups excluding carboxylic acids is 2. The molecule has 3 rings (SSSR count). The number of hydrogen-bond acceptors (Lipinski definition) is 6. The van der Waals surface area contributed by atoms with Gasteiger partial charge in [-0.15, -0.1) is 0 Å². The molecule has 1 aromatic heterocycles. The van der Waals surface area contributed by atoms with Crippen molar-refractivity contribution in [3.05, 3.63) is 72.2 Å². The van der Waals surface area contributed by atoms with Crippen molar-refractivity contribution < 1.29 is 14.3 Å². The normalized spacial score (nSPS) is 10.5. The highest BCUT2D eigenvalue weighted by molar-refractivity contribution is 6.03. The van der Waals surface area contributed by atoms with Crippen LogP contribution in [0, 0.1) is 0 Å². The predicted molar refractivity (Wildman–Crippen MR) is 112 cm³/mol. The standard InChI is InChI=1S/C22H22N4O3/c1-14(2)29-20-10-5-4-9-18(20)26-21-13-23-19(12-24-21)22(28)25-17-8-6-7-16(11-17)15(3)27/h4-14H,1-3H3,(H,24,26)(H,25,28). The van der Waals surface area contributed by atoms with Crippen molar-refractivity contribution in [3.8, 4) is 5.75 Å². The van der Waals surface area contributed by atoms with Gasteiger partial charge in [0.05, 0.1) is 24.2 Å². The Hall–Kier alpha value is -3.74. The first-order valence-corrected chi connectivity index (χ1v) is 9.19. The van der Waals surface area contributed by atoms with E-state index in [9.17, 15) is 9.59 Å². The highest BCUT2D eigenvalue weighted by Crippen LogP contribution is 2.27. The lowest BCUT2D eigenvalue weighted by Gasteiger charge is -2.15. The third-order valence-electron chi connectivity index (χ3n) is 3.92. The summed E-state index contributed by atoms with van der Waals surface area (Å²) < 4.78 is 5.77. The number of ketones is 1. The van der Waals surface area contributed by atoms with Crippen LogP contribution in [0.5, 0.6) is 5.75 Å². The minimum absolute atomic E-state index is 0.0385. The summed E-state index contributed by atoms with van der Waals surface area (Å²) in [6.07, 6.45) is 2.91. The first-order chi connectivity index (χ1) is 13.9. The molecule has 0 bridgehead atoms. The molecule has 0 saturated heterocycles. The Labute approximate surface area is 169 Å². The van der Waals surface area contributed by atoms with Crippen molar-refractivity contribution in [3.63, 3.8) is 0 Å². The summed E-state index contributed by atoms with van der Waals surface area (Å²) in [7, 11) is 0. The topological polar surface area (TPSA) is 93.2 Å². The van der Waals surface area contributed by atoms with Gasteiger partial charge in [0, 0.05) is 11.3 Å². The van der Waals surface area contributed by atoms with Crippen LogP contribution in [-0.2, 0) is 0 Å². The van der Waals surface area contributed by atoms with E-state index < -0.39 is 5.91 Å². The summed E-state index contributed by atoms with van der Waals surface area (Å²) in [6, 6.07) is 14.3. The first-order valence-electron chi connectivity index (χ1n) is 9.19. The van der Waals surface area contributed by atoms with Gasteiger partial charge >= 0.3 is 0 Å². The van der Waals surface area contributed by atoms with Gasteiger partial charge in [-0.3, -0.25) is 9.59 Å². The van der Waals surface area contributed by atoms with E-state index in [2.05, 4.69) is 20.6 Å². The average molecular weight is 390 g/mol. The van der Waals surface area contributed by atoms with Crippen molar-refractivity contribution in [2.75, 3.05) is 10.6 Å². The van der Waals surface area contributed by atoms with Gasteiger partial charge in [-0.25, -0.2) is 9.97 Å². The zero-order valence-corrected chi connectivity index (χ0v) is 16.5. The van der Waals surface area contributed by atoms with Gasteiger partial charge < -0.3 is 15.4 Å². The molecule has 3 aromatic rings. The van der Waals surface area contributed by atoms with Crippen molar-refractivity contribution in [2.45, 2.75) is 26.9 Å². The van der Waals surface area contributed by atoms with Crippen LogP contribution in [0.25, 0.3) is 0 Å². The Kier molecular flexibility index (Phi) is 6.19. The van der Waals surface area contributed by atoms with Crippen molar-refractivity contribution in [2.24, 2.45) is 0 Å². The molecule has 7 heteroatoms. The third-order valence-corrected chi connectivity index (χ3v) is 3.92. The predicted octanol–water partition coefficient (Wildman–Crippen LogP) is 4.46. The fourth-order valence-corrected chi connectivity index (χ4v) is 2.59. The number of aromatic nitrogens is 2. The Bertz CT molecular complexity index is 1020. The number of rotatable bonds is 7. The summed E-state index contributed by atoms with van der Waals surface area (Å²) in [5, 5.41) is 5.87. The first kappa shape index (κ1) is 20.0. The van der Waals surface area contributed by atoms with E-state index in [1.807, 2.05) is 38.1 Å². The summed E-state index contributed by atoms with van der Waals surface area (Å²) in [5.74, 6) is 0.711. The number of carbonyl (C=O) groups is 2. The number of Topliss-reactive ketones (excluding diaryl/α,β-unsaturated/α-hetero) is 1. The lowest BCUT2D eigenvalue weighted by molar-refractivity contribution is 0.100. The zero-order valence-electron chi connectivity index (χ0n) is 16.5. The molecule has 1 heterocycles. The monoisotopic (exact) mass is 390 g/mol. The zero-order chi connectivity index (χ0) is 20.8. The molecule has 1 amide bonds. The molecular formula is C22H22N4O3. The van der Waals surface area contributed by atoms with Crippen LogP contribution in [0.2, 0.25) is 0 Å². The van der Waals surface area contributed by atoms with E-state index in [1.165, 1.54) is 19.3 Å². The molecule has 29 heavy (non-hydrogen) atoms. The molecule has 148 valence electrons. The Morgan fingerprint density at radius 3 is 2.48 bits per heavy atom. The molecule has 2 aromatic carbocycles. The SMILES string of the molecule is CC(=O)c1cccc(NC(=O)c2cnc(Nc3ccccc3OC(C)C)cn2)c1. The van der Waals surface area contributed by atoms with Crippen molar-refractivity contribution in [1.82, 2.24) is 9.97 Å². The lowest BCUT2D eigenvalue weighted by atomic mass is 10.1. The Morgan fingerprint density at radius 1 is 1.00 bits per heavy atom. The van der Waals surface area contributed by atoms with Crippen LogP contribution in [0.1, 0.15) is 41.6 Å². The van der Waals surface area contributed by atoms with Crippen molar-refractivity contribution >= 4 is 28.9 Å². The van der Waals surface area contributed by atoms with Crippen LogP contribution in [0.3, 0.4) is 0 Å². The maximum absolute atomic E-state index is 12.4. The van der Waals surface area contributed by atoms with Gasteiger partial charge in [0.2, 0.25) is 0 Å². The summed E-state index contributed by atoms with van der Waals surface area (Å²) in [6.45, 7) is 5.38. The molecule has 0 saturated carbocycles. The van der Waals surface area contributed by atoms with Crippen LogP contribution in [0.4, 0.5) is 17.2 Å². The summed E-state index contributed by atoms with van der Waals surface area (Å²) >= 11 is 0. The van der Waals surface area contributed by atoms with E-state index in [0.29, 0.717) is 22.8 Å². The number of amides is 1. The van der Waals surface area contributed by atoms with Crippen LogP contribution in [0.15, 0.2) is 60.9 Å². The molecule has 0 unspecified atom stereocenters. The molecule has 0 aliphatic rings. The number of anilines is 3. The number of nitrogens with one attached hydrogen (secondary N) is 2. The van der Waals surface area contributed by atoms with Gasteiger partial charge in [0.1, 0.15) is 17.3 Å². The molecular weight excluding hydrogens is 368 g/mol. The number of benzene rings is 2. The second-order valence-corrected chi connectivity index (χ2v) is 6.67. The summed E-state index contributed by atoms with van der Waals surface area (Å²) in [4.78, 5) is 32.3. The molecule has 7 nitrogen and oxygen atoms in total. The van der Waals surface area contributed by atoms with E-state index >= 15 is 0 Å². The highest BCUT2D eigenvalue weighted by Gasteiger charge is 2.11. The molecule has 0 spiro atoms. The second kappa shape index (κ2) is 8.97. The molecule has 0 aliphatic carbocycles. The van der Waals surface area contributed by atoms with Gasteiger partial charge in [-0.05, 0) is 45.0 Å². The lowest BCUT2D eigenvalue weighted by Crippen LogP contribution is -2.14.